The fourth-order valence-electron chi connectivity index (χ4n) is 2.03. The average Bonchev–Trinajstić information content (AvgIpc) is 3.19. The second kappa shape index (κ2) is 5.40. The van der Waals surface area contributed by atoms with Gasteiger partial charge in [0.1, 0.15) is 5.41 Å². The van der Waals surface area contributed by atoms with Crippen LogP contribution in [0.5, 0.6) is 0 Å². The van der Waals surface area contributed by atoms with E-state index in [2.05, 4.69) is 5.32 Å². The lowest BCUT2D eigenvalue weighted by Gasteiger charge is -2.13. The molecule has 1 aliphatic rings. The van der Waals surface area contributed by atoms with Crippen LogP contribution in [0.25, 0.3) is 0 Å². The predicted molar refractivity (Wildman–Crippen MR) is 68.3 cm³/mol. The van der Waals surface area contributed by atoms with Gasteiger partial charge in [0.25, 0.3) is 0 Å². The molecule has 0 radical (unpaired) electrons. The molecule has 0 unspecified atom stereocenters. The molecular weight excluding hydrogens is 246 g/mol. The SMILES string of the molecule is COCc1ccccc1CNC(=O)C1(C(=O)O)CC1. The van der Waals surface area contributed by atoms with Crippen LogP contribution in [0.4, 0.5) is 0 Å². The van der Waals surface area contributed by atoms with Gasteiger partial charge in [-0.05, 0) is 24.0 Å². The van der Waals surface area contributed by atoms with Crippen LogP contribution in [0.3, 0.4) is 0 Å². The number of carbonyl (C=O) groups excluding carboxylic acids is 1. The molecule has 19 heavy (non-hydrogen) atoms. The molecule has 0 saturated heterocycles. The van der Waals surface area contributed by atoms with Crippen LogP contribution < -0.4 is 5.32 Å². The van der Waals surface area contributed by atoms with Crippen molar-refractivity contribution >= 4 is 11.9 Å². The number of carboxylic acids is 1. The van der Waals surface area contributed by atoms with Crippen molar-refractivity contribution < 1.29 is 19.4 Å². The molecule has 102 valence electrons. The zero-order valence-electron chi connectivity index (χ0n) is 10.8. The number of carbonyl (C=O) groups is 2. The Hall–Kier alpha value is -1.88. The van der Waals surface area contributed by atoms with Crippen LogP contribution in [0.15, 0.2) is 24.3 Å². The summed E-state index contributed by atoms with van der Waals surface area (Å²) in [5, 5.41) is 11.7. The maximum atomic E-state index is 11.9. The summed E-state index contributed by atoms with van der Waals surface area (Å²) in [5.74, 6) is -1.43. The number of hydrogen-bond donors (Lipinski definition) is 2. The highest BCUT2D eigenvalue weighted by Crippen LogP contribution is 2.46. The van der Waals surface area contributed by atoms with E-state index in [0.717, 1.165) is 11.1 Å². The first-order valence-corrected chi connectivity index (χ1v) is 6.17. The molecule has 1 aliphatic carbocycles. The van der Waals surface area contributed by atoms with Crippen molar-refractivity contribution in [2.75, 3.05) is 7.11 Å². The van der Waals surface area contributed by atoms with Gasteiger partial charge in [-0.1, -0.05) is 24.3 Å². The number of amides is 1. The second-order valence-corrected chi connectivity index (χ2v) is 4.77. The Kier molecular flexibility index (Phi) is 3.85. The lowest BCUT2D eigenvalue weighted by Crippen LogP contribution is -2.36. The number of aliphatic carboxylic acids is 1. The first kappa shape index (κ1) is 13.5. The van der Waals surface area contributed by atoms with Crippen molar-refractivity contribution in [3.8, 4) is 0 Å². The summed E-state index contributed by atoms with van der Waals surface area (Å²) >= 11 is 0. The van der Waals surface area contributed by atoms with Gasteiger partial charge in [-0.3, -0.25) is 9.59 Å². The lowest BCUT2D eigenvalue weighted by molar-refractivity contribution is -0.149. The third-order valence-corrected chi connectivity index (χ3v) is 3.45. The van der Waals surface area contributed by atoms with Crippen LogP contribution >= 0.6 is 0 Å². The smallest absolute Gasteiger partial charge is 0.319 e. The van der Waals surface area contributed by atoms with E-state index in [1.54, 1.807) is 7.11 Å². The molecule has 2 rings (SSSR count). The first-order chi connectivity index (χ1) is 9.10. The number of carboxylic acid groups (broad SMARTS) is 1. The van der Waals surface area contributed by atoms with Crippen molar-refractivity contribution in [2.45, 2.75) is 26.0 Å². The van der Waals surface area contributed by atoms with Gasteiger partial charge in [-0.25, -0.2) is 0 Å². The number of hydrogen-bond acceptors (Lipinski definition) is 3. The highest BCUT2D eigenvalue weighted by Gasteiger charge is 2.56. The second-order valence-electron chi connectivity index (χ2n) is 4.77. The van der Waals surface area contributed by atoms with E-state index in [1.165, 1.54) is 0 Å². The third-order valence-electron chi connectivity index (χ3n) is 3.45. The van der Waals surface area contributed by atoms with E-state index in [1.807, 2.05) is 24.3 Å². The van der Waals surface area contributed by atoms with Crippen LogP contribution in [-0.4, -0.2) is 24.1 Å². The Balaban J connectivity index is 1.99. The highest BCUT2D eigenvalue weighted by molar-refractivity contribution is 6.04. The molecule has 1 amide bonds. The van der Waals surface area contributed by atoms with E-state index >= 15 is 0 Å². The molecule has 0 atom stereocenters. The number of methoxy groups -OCH3 is 1. The van der Waals surface area contributed by atoms with Crippen molar-refractivity contribution in [1.29, 1.82) is 0 Å². The van der Waals surface area contributed by atoms with Crippen molar-refractivity contribution in [2.24, 2.45) is 5.41 Å². The molecular formula is C14H17NO4. The van der Waals surface area contributed by atoms with Gasteiger partial charge in [0.2, 0.25) is 5.91 Å². The van der Waals surface area contributed by atoms with Gasteiger partial charge >= 0.3 is 5.97 Å². The van der Waals surface area contributed by atoms with E-state index in [-0.39, 0.29) is 0 Å². The molecule has 1 saturated carbocycles. The standard InChI is InChI=1S/C14H17NO4/c1-19-9-11-5-3-2-4-10(11)8-15-12(16)14(6-7-14)13(17)18/h2-5H,6-9H2,1H3,(H,15,16)(H,17,18). The molecule has 0 aromatic heterocycles. The summed E-state index contributed by atoms with van der Waals surface area (Å²) in [4.78, 5) is 22.9. The summed E-state index contributed by atoms with van der Waals surface area (Å²) in [7, 11) is 1.61. The fourth-order valence-corrected chi connectivity index (χ4v) is 2.03. The summed E-state index contributed by atoms with van der Waals surface area (Å²) in [6.07, 6.45) is 0.849. The summed E-state index contributed by atoms with van der Waals surface area (Å²) in [6.45, 7) is 0.795. The van der Waals surface area contributed by atoms with Gasteiger partial charge in [0.05, 0.1) is 6.61 Å². The maximum Gasteiger partial charge on any atom is 0.319 e. The third kappa shape index (κ3) is 2.76. The van der Waals surface area contributed by atoms with Crippen LogP contribution in [0, 0.1) is 5.41 Å². The summed E-state index contributed by atoms with van der Waals surface area (Å²) in [6, 6.07) is 7.61. The van der Waals surface area contributed by atoms with Gasteiger partial charge in [0.15, 0.2) is 0 Å². The fraction of sp³-hybridized carbons (Fsp3) is 0.429. The molecule has 1 fully saturated rings. The minimum Gasteiger partial charge on any atom is -0.480 e. The summed E-state index contributed by atoms with van der Waals surface area (Å²) < 4.78 is 5.09. The normalized spacial score (nSPS) is 15.8. The van der Waals surface area contributed by atoms with Gasteiger partial charge < -0.3 is 15.2 Å². The highest BCUT2D eigenvalue weighted by atomic mass is 16.5. The van der Waals surface area contributed by atoms with Gasteiger partial charge in [-0.2, -0.15) is 0 Å². The van der Waals surface area contributed by atoms with E-state index in [4.69, 9.17) is 9.84 Å². The zero-order valence-corrected chi connectivity index (χ0v) is 10.8. The van der Waals surface area contributed by atoms with E-state index < -0.39 is 17.3 Å². The monoisotopic (exact) mass is 263 g/mol. The average molecular weight is 263 g/mol. The molecule has 5 heteroatoms. The molecule has 5 nitrogen and oxygen atoms in total. The Morgan fingerprint density at radius 2 is 1.95 bits per heavy atom. The van der Waals surface area contributed by atoms with Crippen LogP contribution in [-0.2, 0) is 27.5 Å². The van der Waals surface area contributed by atoms with E-state index in [0.29, 0.717) is 26.0 Å². The number of rotatable bonds is 6. The number of ether oxygens (including phenoxy) is 1. The van der Waals surface area contributed by atoms with Gasteiger partial charge in [-0.15, -0.1) is 0 Å². The minimum absolute atomic E-state index is 0.327. The Morgan fingerprint density at radius 3 is 2.47 bits per heavy atom. The zero-order chi connectivity index (χ0) is 13.9. The Morgan fingerprint density at radius 1 is 1.32 bits per heavy atom. The van der Waals surface area contributed by atoms with Crippen molar-refractivity contribution in [1.82, 2.24) is 5.32 Å². The van der Waals surface area contributed by atoms with Crippen molar-refractivity contribution in [3.05, 3.63) is 35.4 Å². The molecule has 0 heterocycles. The summed E-state index contributed by atoms with van der Waals surface area (Å²) in [5.41, 5.74) is 0.750. The minimum atomic E-state index is -1.18. The Labute approximate surface area is 111 Å². The maximum absolute atomic E-state index is 11.9. The lowest BCUT2D eigenvalue weighted by atomic mass is 10.1. The quantitative estimate of drug-likeness (QED) is 0.759. The molecule has 0 aliphatic heterocycles. The topological polar surface area (TPSA) is 75.6 Å². The number of nitrogens with one attached hydrogen (secondary N) is 1. The molecule has 1 aromatic rings. The first-order valence-electron chi connectivity index (χ1n) is 6.17. The Bertz CT molecular complexity index is 494. The van der Waals surface area contributed by atoms with Crippen LogP contribution in [0.2, 0.25) is 0 Å². The molecule has 2 N–H and O–H groups in total. The van der Waals surface area contributed by atoms with Crippen molar-refractivity contribution in [3.63, 3.8) is 0 Å². The molecule has 0 spiro atoms. The number of benzene rings is 1. The van der Waals surface area contributed by atoms with Gasteiger partial charge in [0, 0.05) is 13.7 Å². The largest absolute Gasteiger partial charge is 0.480 e. The predicted octanol–water partition coefficient (Wildman–Crippen LogP) is 1.31. The van der Waals surface area contributed by atoms with Crippen LogP contribution in [0.1, 0.15) is 24.0 Å². The molecule has 1 aromatic carbocycles. The molecule has 0 bridgehead atoms. The van der Waals surface area contributed by atoms with E-state index in [9.17, 15) is 9.59 Å².